The molecule has 5 nitrogen and oxygen atoms in total. The Kier molecular flexibility index (Phi) is 5.88. The van der Waals surface area contributed by atoms with E-state index in [-0.39, 0.29) is 5.91 Å². The molecule has 2 aromatic carbocycles. The summed E-state index contributed by atoms with van der Waals surface area (Å²) in [5.41, 5.74) is 2.65. The first-order valence-electron chi connectivity index (χ1n) is 8.95. The number of hydrogen-bond acceptors (Lipinski definition) is 4. The summed E-state index contributed by atoms with van der Waals surface area (Å²) in [6.07, 6.45) is 0.942. The van der Waals surface area contributed by atoms with Crippen LogP contribution in [0.3, 0.4) is 0 Å². The molecular weight excluding hydrogens is 326 g/mol. The Labute approximate surface area is 154 Å². The summed E-state index contributed by atoms with van der Waals surface area (Å²) < 4.78 is 5.91. The number of carbonyl (C=O) groups excluding carboxylic acids is 1. The number of amides is 1. The van der Waals surface area contributed by atoms with Crippen molar-refractivity contribution >= 4 is 11.6 Å². The van der Waals surface area contributed by atoms with Crippen LogP contribution in [-0.2, 0) is 11.2 Å². The van der Waals surface area contributed by atoms with Crippen LogP contribution >= 0.6 is 0 Å². The van der Waals surface area contributed by atoms with E-state index in [2.05, 4.69) is 24.0 Å². The highest BCUT2D eigenvalue weighted by molar-refractivity contribution is 5.95. The molecular formula is C21H23N3O2. The maximum atomic E-state index is 12.5. The quantitative estimate of drug-likeness (QED) is 0.805. The second kappa shape index (κ2) is 8.50. The molecule has 2 aromatic rings. The molecule has 0 aliphatic carbocycles. The van der Waals surface area contributed by atoms with E-state index in [1.165, 1.54) is 5.56 Å². The van der Waals surface area contributed by atoms with Crippen molar-refractivity contribution in [1.29, 1.82) is 5.26 Å². The highest BCUT2D eigenvalue weighted by Gasteiger charge is 2.24. The van der Waals surface area contributed by atoms with Crippen molar-refractivity contribution in [2.75, 3.05) is 37.7 Å². The Morgan fingerprint density at radius 2 is 1.88 bits per heavy atom. The minimum absolute atomic E-state index is 0.0786. The van der Waals surface area contributed by atoms with Gasteiger partial charge in [0.2, 0.25) is 5.91 Å². The molecule has 1 aliphatic heterocycles. The molecule has 134 valence electrons. The van der Waals surface area contributed by atoms with Gasteiger partial charge in [0.1, 0.15) is 12.4 Å². The summed E-state index contributed by atoms with van der Waals surface area (Å²) in [5, 5.41) is 8.87. The zero-order chi connectivity index (χ0) is 18.4. The third kappa shape index (κ3) is 4.22. The predicted molar refractivity (Wildman–Crippen MR) is 101 cm³/mol. The van der Waals surface area contributed by atoms with E-state index >= 15 is 0 Å². The summed E-state index contributed by atoms with van der Waals surface area (Å²) in [6.45, 7) is 5.26. The molecule has 0 saturated carbocycles. The number of hydrogen-bond donors (Lipinski definition) is 0. The van der Waals surface area contributed by atoms with Crippen molar-refractivity contribution in [2.24, 2.45) is 0 Å². The van der Waals surface area contributed by atoms with Crippen molar-refractivity contribution in [3.8, 4) is 11.8 Å². The van der Waals surface area contributed by atoms with E-state index in [0.29, 0.717) is 25.3 Å². The van der Waals surface area contributed by atoms with E-state index in [0.717, 1.165) is 30.9 Å². The fourth-order valence-corrected chi connectivity index (χ4v) is 3.12. The average Bonchev–Trinajstić information content (AvgIpc) is 2.69. The molecule has 0 N–H and O–H groups in total. The predicted octanol–water partition coefficient (Wildman–Crippen LogP) is 2.85. The number of rotatable bonds is 6. The number of nitrogens with zero attached hydrogens (tertiary/aromatic N) is 3. The van der Waals surface area contributed by atoms with Gasteiger partial charge in [0.05, 0.1) is 18.2 Å². The number of piperazine rings is 1. The van der Waals surface area contributed by atoms with Crippen LogP contribution in [0.5, 0.6) is 5.75 Å². The lowest BCUT2D eigenvalue weighted by molar-refractivity contribution is -0.121. The van der Waals surface area contributed by atoms with E-state index in [1.54, 1.807) is 17.0 Å². The van der Waals surface area contributed by atoms with E-state index < -0.39 is 0 Å². The minimum atomic E-state index is 0.0786. The van der Waals surface area contributed by atoms with Gasteiger partial charge in [-0.3, -0.25) is 9.69 Å². The Balaban J connectivity index is 1.51. The second-order valence-electron chi connectivity index (χ2n) is 6.29. The lowest BCUT2D eigenvalue weighted by Gasteiger charge is -2.34. The van der Waals surface area contributed by atoms with E-state index in [4.69, 9.17) is 10.00 Å². The summed E-state index contributed by atoms with van der Waals surface area (Å²) in [7, 11) is 0. The molecule has 0 bridgehead atoms. The molecule has 1 amide bonds. The summed E-state index contributed by atoms with van der Waals surface area (Å²) >= 11 is 0. The van der Waals surface area contributed by atoms with Crippen molar-refractivity contribution in [3.05, 3.63) is 59.7 Å². The van der Waals surface area contributed by atoms with Gasteiger partial charge in [-0.25, -0.2) is 0 Å². The molecule has 5 heteroatoms. The first-order valence-corrected chi connectivity index (χ1v) is 8.95. The first-order chi connectivity index (χ1) is 12.7. The summed E-state index contributed by atoms with van der Waals surface area (Å²) in [5.74, 6) is 1.01. The highest BCUT2D eigenvalue weighted by Crippen LogP contribution is 2.19. The number of ether oxygens (including phenoxy) is 1. The molecule has 0 radical (unpaired) electrons. The monoisotopic (exact) mass is 349 g/mol. The first kappa shape index (κ1) is 18.0. The molecule has 0 aromatic heterocycles. The van der Waals surface area contributed by atoms with Crippen molar-refractivity contribution in [3.63, 3.8) is 0 Å². The molecule has 0 atom stereocenters. The summed E-state index contributed by atoms with van der Waals surface area (Å²) in [4.78, 5) is 16.4. The number of carbonyl (C=O) groups is 1. The van der Waals surface area contributed by atoms with Gasteiger partial charge in [-0.15, -0.1) is 0 Å². The van der Waals surface area contributed by atoms with E-state index in [9.17, 15) is 4.79 Å². The average molecular weight is 349 g/mol. The van der Waals surface area contributed by atoms with Gasteiger partial charge in [0.15, 0.2) is 0 Å². The molecule has 26 heavy (non-hydrogen) atoms. The van der Waals surface area contributed by atoms with Gasteiger partial charge in [0, 0.05) is 25.3 Å². The normalized spacial score (nSPS) is 14.9. The third-order valence-electron chi connectivity index (χ3n) is 4.63. The summed E-state index contributed by atoms with van der Waals surface area (Å²) in [6, 6.07) is 17.3. The van der Waals surface area contributed by atoms with Crippen molar-refractivity contribution in [2.45, 2.75) is 13.3 Å². The smallest absolute Gasteiger partial charge is 0.241 e. The Bertz CT molecular complexity index is 796. The van der Waals surface area contributed by atoms with Crippen LogP contribution in [0.1, 0.15) is 18.1 Å². The molecule has 1 saturated heterocycles. The third-order valence-corrected chi connectivity index (χ3v) is 4.63. The number of para-hydroxylation sites is 1. The number of aryl methyl sites for hydroxylation is 1. The van der Waals surface area contributed by atoms with Crippen LogP contribution in [0, 0.1) is 11.3 Å². The zero-order valence-corrected chi connectivity index (χ0v) is 15.0. The zero-order valence-electron chi connectivity index (χ0n) is 15.0. The number of anilines is 1. The van der Waals surface area contributed by atoms with Gasteiger partial charge in [-0.1, -0.05) is 25.1 Å². The van der Waals surface area contributed by atoms with Crippen molar-refractivity contribution < 1.29 is 9.53 Å². The molecule has 3 rings (SSSR count). The van der Waals surface area contributed by atoms with Gasteiger partial charge in [0.25, 0.3) is 0 Å². The molecule has 1 aliphatic rings. The molecule has 1 fully saturated rings. The standard InChI is InChI=1S/C21H23N3O2/c1-2-18-5-3-4-6-20(18)26-14-13-23-11-12-24(21(25)16-23)19-9-7-17(15-22)8-10-19/h3-10H,2,11-14,16H2,1H3. The van der Waals surface area contributed by atoms with Gasteiger partial charge in [-0.05, 0) is 42.3 Å². The Morgan fingerprint density at radius 3 is 2.58 bits per heavy atom. The van der Waals surface area contributed by atoms with Gasteiger partial charge < -0.3 is 9.64 Å². The second-order valence-corrected chi connectivity index (χ2v) is 6.29. The van der Waals surface area contributed by atoms with Gasteiger partial charge in [-0.2, -0.15) is 5.26 Å². The van der Waals surface area contributed by atoms with Crippen LogP contribution in [0.2, 0.25) is 0 Å². The van der Waals surface area contributed by atoms with Crippen LogP contribution < -0.4 is 9.64 Å². The lowest BCUT2D eigenvalue weighted by atomic mass is 10.1. The minimum Gasteiger partial charge on any atom is -0.492 e. The SMILES string of the molecule is CCc1ccccc1OCCN1CCN(c2ccc(C#N)cc2)C(=O)C1. The maximum Gasteiger partial charge on any atom is 0.241 e. The number of nitriles is 1. The van der Waals surface area contributed by atoms with Crippen LogP contribution in [0.25, 0.3) is 0 Å². The maximum absolute atomic E-state index is 12.5. The fraction of sp³-hybridized carbons (Fsp3) is 0.333. The lowest BCUT2D eigenvalue weighted by Crippen LogP contribution is -2.51. The van der Waals surface area contributed by atoms with Crippen LogP contribution in [0.4, 0.5) is 5.69 Å². The highest BCUT2D eigenvalue weighted by atomic mass is 16.5. The molecule has 0 unspecified atom stereocenters. The Morgan fingerprint density at radius 1 is 1.12 bits per heavy atom. The van der Waals surface area contributed by atoms with Crippen LogP contribution in [0.15, 0.2) is 48.5 Å². The fourth-order valence-electron chi connectivity index (χ4n) is 3.12. The number of benzene rings is 2. The Hall–Kier alpha value is -2.84. The van der Waals surface area contributed by atoms with Crippen molar-refractivity contribution in [1.82, 2.24) is 4.90 Å². The van der Waals surface area contributed by atoms with Crippen LogP contribution in [-0.4, -0.2) is 43.6 Å². The van der Waals surface area contributed by atoms with E-state index in [1.807, 2.05) is 30.3 Å². The van der Waals surface area contributed by atoms with Gasteiger partial charge >= 0.3 is 0 Å². The molecule has 0 spiro atoms. The molecule has 1 heterocycles. The largest absolute Gasteiger partial charge is 0.492 e. The topological polar surface area (TPSA) is 56.6 Å².